The number of thioether (sulfide) groups is 1. The molecule has 8 heteroatoms. The molecule has 0 aromatic heterocycles. The molecule has 0 aliphatic carbocycles. The molecule has 0 spiro atoms. The molecule has 1 amide bonds. The summed E-state index contributed by atoms with van der Waals surface area (Å²) in [7, 11) is 3.15. The first kappa shape index (κ1) is 19.8. The highest BCUT2D eigenvalue weighted by Gasteiger charge is 2.24. The average Bonchev–Trinajstić information content (AvgIpc) is 2.97. The number of aliphatic imine (C=N–C) groups is 1. The van der Waals surface area contributed by atoms with Crippen molar-refractivity contribution >= 4 is 62.1 Å². The first-order valence-corrected chi connectivity index (χ1v) is 9.87. The van der Waals surface area contributed by atoms with Gasteiger partial charge in [0.2, 0.25) is 0 Å². The summed E-state index contributed by atoms with van der Waals surface area (Å²) in [6.45, 7) is 1.94. The number of halogens is 2. The molecule has 0 unspecified atom stereocenters. The Kier molecular flexibility index (Phi) is 6.14. The molecule has 3 rings (SSSR count). The fourth-order valence-electron chi connectivity index (χ4n) is 2.43. The Hall–Kier alpha value is -1.96. The van der Waals surface area contributed by atoms with Gasteiger partial charge in [0.15, 0.2) is 5.17 Å². The number of nitrogens with one attached hydrogen (secondary N) is 1. The molecular weight excluding hydrogens is 452 g/mol. The van der Waals surface area contributed by atoms with Crippen molar-refractivity contribution in [2.24, 2.45) is 4.99 Å². The lowest BCUT2D eigenvalue weighted by molar-refractivity contribution is -0.115. The second kappa shape index (κ2) is 8.37. The second-order valence-corrected chi connectivity index (χ2v) is 7.96. The number of carbonyl (C=O) groups is 1. The van der Waals surface area contributed by atoms with Gasteiger partial charge < -0.3 is 14.8 Å². The molecule has 0 bridgehead atoms. The van der Waals surface area contributed by atoms with Gasteiger partial charge >= 0.3 is 0 Å². The predicted molar refractivity (Wildman–Crippen MR) is 114 cm³/mol. The van der Waals surface area contributed by atoms with Crippen LogP contribution in [-0.4, -0.2) is 25.3 Å². The number of hydrogen-bond donors (Lipinski definition) is 1. The van der Waals surface area contributed by atoms with Crippen LogP contribution in [0.1, 0.15) is 11.1 Å². The number of methoxy groups -OCH3 is 2. The van der Waals surface area contributed by atoms with Crippen molar-refractivity contribution in [2.45, 2.75) is 6.92 Å². The van der Waals surface area contributed by atoms with E-state index in [2.05, 4.69) is 26.2 Å². The molecule has 0 radical (unpaired) electrons. The lowest BCUT2D eigenvalue weighted by Gasteiger charge is -2.10. The summed E-state index contributed by atoms with van der Waals surface area (Å²) in [5.41, 5.74) is 2.44. The van der Waals surface area contributed by atoms with E-state index in [1.807, 2.05) is 19.1 Å². The maximum atomic E-state index is 12.4. The van der Waals surface area contributed by atoms with Crippen LogP contribution in [0, 0.1) is 6.92 Å². The average molecular weight is 468 g/mol. The summed E-state index contributed by atoms with van der Waals surface area (Å²) >= 11 is 10.8. The largest absolute Gasteiger partial charge is 0.496 e. The summed E-state index contributed by atoms with van der Waals surface area (Å²) in [6, 6.07) is 9.06. The SMILES string of the molecule is COc1cc(OC)c(/C=C2/SC(=Nc3cc(Cl)ccc3C)NC2=O)cc1Br. The fraction of sp³-hybridized carbons (Fsp3) is 0.158. The van der Waals surface area contributed by atoms with Gasteiger partial charge in [0, 0.05) is 16.7 Å². The van der Waals surface area contributed by atoms with Crippen LogP contribution in [0.3, 0.4) is 0 Å². The summed E-state index contributed by atoms with van der Waals surface area (Å²) in [5, 5.41) is 3.88. The smallest absolute Gasteiger partial charge is 0.264 e. The third-order valence-corrected chi connectivity index (χ3v) is 5.60. The first-order valence-electron chi connectivity index (χ1n) is 7.88. The second-order valence-electron chi connectivity index (χ2n) is 5.64. The number of benzene rings is 2. The van der Waals surface area contributed by atoms with Crippen LogP contribution in [0.25, 0.3) is 6.08 Å². The molecule has 27 heavy (non-hydrogen) atoms. The van der Waals surface area contributed by atoms with Crippen molar-refractivity contribution in [2.75, 3.05) is 14.2 Å². The van der Waals surface area contributed by atoms with Gasteiger partial charge in [-0.3, -0.25) is 4.79 Å². The summed E-state index contributed by atoms with van der Waals surface area (Å²) < 4.78 is 11.5. The molecule has 1 aliphatic heterocycles. The summed E-state index contributed by atoms with van der Waals surface area (Å²) in [6.07, 6.45) is 1.76. The minimum absolute atomic E-state index is 0.215. The van der Waals surface area contributed by atoms with Gasteiger partial charge in [-0.15, -0.1) is 0 Å². The Morgan fingerprint density at radius 3 is 2.63 bits per heavy atom. The summed E-state index contributed by atoms with van der Waals surface area (Å²) in [5.74, 6) is 1.04. The van der Waals surface area contributed by atoms with Crippen LogP contribution in [0.5, 0.6) is 11.5 Å². The summed E-state index contributed by atoms with van der Waals surface area (Å²) in [4.78, 5) is 17.4. The molecule has 1 fully saturated rings. The maximum absolute atomic E-state index is 12.4. The van der Waals surface area contributed by atoms with E-state index >= 15 is 0 Å². The molecular formula is C19H16BrClN2O3S. The van der Waals surface area contributed by atoms with E-state index in [4.69, 9.17) is 21.1 Å². The Morgan fingerprint density at radius 1 is 1.19 bits per heavy atom. The molecule has 0 saturated carbocycles. The van der Waals surface area contributed by atoms with Crippen molar-refractivity contribution in [1.29, 1.82) is 0 Å². The minimum atomic E-state index is -0.215. The zero-order valence-electron chi connectivity index (χ0n) is 14.8. The van der Waals surface area contributed by atoms with Crippen LogP contribution in [0.2, 0.25) is 5.02 Å². The molecule has 140 valence electrons. The van der Waals surface area contributed by atoms with Crippen LogP contribution in [0.4, 0.5) is 5.69 Å². The van der Waals surface area contributed by atoms with Gasteiger partial charge in [-0.05, 0) is 64.5 Å². The van der Waals surface area contributed by atoms with Crippen molar-refractivity contribution in [3.8, 4) is 11.5 Å². The molecule has 1 heterocycles. The molecule has 0 atom stereocenters. The molecule has 1 N–H and O–H groups in total. The Morgan fingerprint density at radius 2 is 1.93 bits per heavy atom. The number of ether oxygens (including phenoxy) is 2. The van der Waals surface area contributed by atoms with E-state index in [1.54, 1.807) is 38.5 Å². The zero-order valence-corrected chi connectivity index (χ0v) is 18.0. The number of carbonyl (C=O) groups excluding carboxylic acids is 1. The molecule has 2 aromatic rings. The highest BCUT2D eigenvalue weighted by atomic mass is 79.9. The number of amidine groups is 1. The van der Waals surface area contributed by atoms with Crippen molar-refractivity contribution in [3.63, 3.8) is 0 Å². The maximum Gasteiger partial charge on any atom is 0.264 e. The highest BCUT2D eigenvalue weighted by molar-refractivity contribution is 9.10. The van der Waals surface area contributed by atoms with E-state index in [1.165, 1.54) is 11.8 Å². The quantitative estimate of drug-likeness (QED) is 0.618. The van der Waals surface area contributed by atoms with E-state index in [-0.39, 0.29) is 5.91 Å². The van der Waals surface area contributed by atoms with Crippen LogP contribution in [-0.2, 0) is 4.79 Å². The minimum Gasteiger partial charge on any atom is -0.496 e. The van der Waals surface area contributed by atoms with Crippen molar-refractivity contribution < 1.29 is 14.3 Å². The number of amides is 1. The Bertz CT molecular complexity index is 976. The van der Waals surface area contributed by atoms with E-state index in [0.717, 1.165) is 21.3 Å². The van der Waals surface area contributed by atoms with Crippen LogP contribution >= 0.6 is 39.3 Å². The van der Waals surface area contributed by atoms with Gasteiger partial charge in [0.1, 0.15) is 11.5 Å². The van der Waals surface area contributed by atoms with Crippen LogP contribution in [0.15, 0.2) is 44.7 Å². The lowest BCUT2D eigenvalue weighted by atomic mass is 10.1. The van der Waals surface area contributed by atoms with Crippen LogP contribution < -0.4 is 14.8 Å². The van der Waals surface area contributed by atoms with Gasteiger partial charge in [0.05, 0.1) is 29.3 Å². The third-order valence-electron chi connectivity index (χ3n) is 3.83. The van der Waals surface area contributed by atoms with Gasteiger partial charge in [0.25, 0.3) is 5.91 Å². The fourth-order valence-corrected chi connectivity index (χ4v) is 3.95. The molecule has 1 aliphatic rings. The number of nitrogens with zero attached hydrogens (tertiary/aromatic N) is 1. The number of aryl methyl sites for hydroxylation is 1. The lowest BCUT2D eigenvalue weighted by Crippen LogP contribution is -2.19. The third kappa shape index (κ3) is 4.48. The Labute approximate surface area is 174 Å². The highest BCUT2D eigenvalue weighted by Crippen LogP contribution is 2.36. The molecule has 5 nitrogen and oxygen atoms in total. The van der Waals surface area contributed by atoms with Gasteiger partial charge in [-0.1, -0.05) is 17.7 Å². The predicted octanol–water partition coefficient (Wildman–Crippen LogP) is 5.32. The van der Waals surface area contributed by atoms with Gasteiger partial charge in [-0.2, -0.15) is 0 Å². The number of rotatable bonds is 4. The number of hydrogen-bond acceptors (Lipinski definition) is 5. The molecule has 1 saturated heterocycles. The van der Waals surface area contributed by atoms with E-state index in [9.17, 15) is 4.79 Å². The zero-order chi connectivity index (χ0) is 19.6. The van der Waals surface area contributed by atoms with Crippen molar-refractivity contribution in [1.82, 2.24) is 5.32 Å². The first-order chi connectivity index (χ1) is 12.9. The Balaban J connectivity index is 1.93. The van der Waals surface area contributed by atoms with Gasteiger partial charge in [-0.25, -0.2) is 4.99 Å². The van der Waals surface area contributed by atoms with E-state index < -0.39 is 0 Å². The topological polar surface area (TPSA) is 59.9 Å². The normalized spacial score (nSPS) is 16.7. The standard InChI is InChI=1S/C19H16BrClN2O3S/c1-10-4-5-12(21)8-14(10)22-19-23-18(24)17(27-19)7-11-6-13(20)16(26-3)9-15(11)25-2/h4-9H,1-3H3,(H,22,23,24)/b17-7+. The molecule has 2 aromatic carbocycles. The monoisotopic (exact) mass is 466 g/mol. The van der Waals surface area contributed by atoms with E-state index in [0.29, 0.717) is 26.6 Å². The van der Waals surface area contributed by atoms with Crippen molar-refractivity contribution in [3.05, 3.63) is 55.9 Å².